The smallest absolute Gasteiger partial charge is 0.243 e. The number of sulfonamides is 1. The van der Waals surface area contributed by atoms with Gasteiger partial charge in [-0.3, -0.25) is 4.79 Å². The first kappa shape index (κ1) is 17.8. The molecule has 1 heterocycles. The predicted octanol–water partition coefficient (Wildman–Crippen LogP) is 0.867. The lowest BCUT2D eigenvalue weighted by Gasteiger charge is -2.38. The maximum atomic E-state index is 13.0. The van der Waals surface area contributed by atoms with Gasteiger partial charge in [0.2, 0.25) is 15.9 Å². The summed E-state index contributed by atoms with van der Waals surface area (Å²) in [7, 11) is -2.28. The molecule has 0 spiro atoms. The number of benzene rings is 1. The fourth-order valence-corrected chi connectivity index (χ4v) is 4.26. The lowest BCUT2D eigenvalue weighted by atomic mass is 9.89. The molecule has 1 aliphatic heterocycles. The second-order valence-corrected chi connectivity index (χ2v) is 7.73. The van der Waals surface area contributed by atoms with Gasteiger partial charge in [0.1, 0.15) is 5.82 Å². The number of piperidine rings is 1. The summed E-state index contributed by atoms with van der Waals surface area (Å²) >= 11 is 0. The van der Waals surface area contributed by atoms with Gasteiger partial charge in [-0.1, -0.05) is 0 Å². The van der Waals surface area contributed by atoms with E-state index in [2.05, 4.69) is 5.32 Å². The van der Waals surface area contributed by atoms with E-state index in [0.717, 1.165) is 12.1 Å². The van der Waals surface area contributed by atoms with Gasteiger partial charge in [-0.2, -0.15) is 4.31 Å². The number of rotatable bonds is 5. The zero-order valence-electron chi connectivity index (χ0n) is 13.0. The van der Waals surface area contributed by atoms with Gasteiger partial charge in [-0.15, -0.1) is 0 Å². The van der Waals surface area contributed by atoms with Crippen LogP contribution in [0.4, 0.5) is 4.39 Å². The third kappa shape index (κ3) is 4.27. The molecule has 0 bridgehead atoms. The first-order chi connectivity index (χ1) is 10.8. The first-order valence-corrected chi connectivity index (χ1v) is 8.89. The van der Waals surface area contributed by atoms with E-state index >= 15 is 0 Å². The number of hydrogen-bond acceptors (Lipinski definition) is 4. The Kier molecular flexibility index (Phi) is 5.38. The molecule has 1 saturated heterocycles. The van der Waals surface area contributed by atoms with Gasteiger partial charge in [0, 0.05) is 26.6 Å². The zero-order chi connectivity index (χ0) is 17.1. The van der Waals surface area contributed by atoms with E-state index in [4.69, 9.17) is 0 Å². The van der Waals surface area contributed by atoms with Crippen LogP contribution >= 0.6 is 0 Å². The molecule has 8 heteroatoms. The molecule has 1 aromatic rings. The van der Waals surface area contributed by atoms with Crippen molar-refractivity contribution in [1.82, 2.24) is 9.62 Å². The monoisotopic (exact) mass is 344 g/mol. The van der Waals surface area contributed by atoms with Crippen LogP contribution in [0.25, 0.3) is 0 Å². The van der Waals surface area contributed by atoms with Crippen LogP contribution in [-0.2, 0) is 14.8 Å². The predicted molar refractivity (Wildman–Crippen MR) is 82.6 cm³/mol. The molecule has 128 valence electrons. The standard InChI is InChI=1S/C15H21FN2O4S/c1-17-14(19)7-9-15(20)8-2-10-18(11-15)23(21,22)13-5-3-12(16)4-6-13/h3-6,20H,2,7-11H2,1H3,(H,17,19)/t15-/m1/s1. The molecular formula is C15H21FN2O4S. The Morgan fingerprint density at radius 3 is 2.65 bits per heavy atom. The Morgan fingerprint density at radius 2 is 2.04 bits per heavy atom. The van der Waals surface area contributed by atoms with Gasteiger partial charge < -0.3 is 10.4 Å². The van der Waals surface area contributed by atoms with Crippen LogP contribution in [0.3, 0.4) is 0 Å². The summed E-state index contributed by atoms with van der Waals surface area (Å²) in [5.41, 5.74) is -1.22. The second kappa shape index (κ2) is 6.94. The third-order valence-electron chi connectivity index (χ3n) is 4.07. The Balaban J connectivity index is 2.13. The molecule has 0 aromatic heterocycles. The van der Waals surface area contributed by atoms with Crippen molar-refractivity contribution in [1.29, 1.82) is 0 Å². The van der Waals surface area contributed by atoms with E-state index in [-0.39, 0.29) is 30.2 Å². The number of aliphatic hydroxyl groups is 1. The van der Waals surface area contributed by atoms with Crippen LogP contribution in [0.5, 0.6) is 0 Å². The number of carbonyl (C=O) groups is 1. The fraction of sp³-hybridized carbons (Fsp3) is 0.533. The number of amides is 1. The minimum atomic E-state index is -3.79. The summed E-state index contributed by atoms with van der Waals surface area (Å²) in [6.45, 7) is 0.228. The minimum Gasteiger partial charge on any atom is -0.388 e. The average Bonchev–Trinajstić information content (AvgIpc) is 2.53. The highest BCUT2D eigenvalue weighted by molar-refractivity contribution is 7.89. The van der Waals surface area contributed by atoms with Crippen LogP contribution < -0.4 is 5.32 Å². The largest absolute Gasteiger partial charge is 0.388 e. The molecule has 1 aliphatic rings. The molecule has 0 aliphatic carbocycles. The summed E-state index contributed by atoms with van der Waals surface area (Å²) in [6.07, 6.45) is 1.28. The number of carbonyl (C=O) groups excluding carboxylic acids is 1. The summed E-state index contributed by atoms with van der Waals surface area (Å²) in [5, 5.41) is 13.1. The van der Waals surface area contributed by atoms with Crippen molar-refractivity contribution < 1.29 is 22.7 Å². The molecule has 1 atom stereocenters. The highest BCUT2D eigenvalue weighted by atomic mass is 32.2. The van der Waals surface area contributed by atoms with Crippen molar-refractivity contribution in [2.75, 3.05) is 20.1 Å². The van der Waals surface area contributed by atoms with E-state index in [9.17, 15) is 22.7 Å². The maximum absolute atomic E-state index is 13.0. The van der Waals surface area contributed by atoms with E-state index < -0.39 is 21.4 Å². The first-order valence-electron chi connectivity index (χ1n) is 7.45. The van der Waals surface area contributed by atoms with E-state index in [1.54, 1.807) is 0 Å². The van der Waals surface area contributed by atoms with Gasteiger partial charge in [0.15, 0.2) is 0 Å². The highest BCUT2D eigenvalue weighted by Crippen LogP contribution is 2.29. The van der Waals surface area contributed by atoms with Crippen LogP contribution in [0.15, 0.2) is 29.2 Å². The quantitative estimate of drug-likeness (QED) is 0.830. The van der Waals surface area contributed by atoms with Crippen LogP contribution in [0, 0.1) is 5.82 Å². The molecule has 0 saturated carbocycles. The molecule has 23 heavy (non-hydrogen) atoms. The zero-order valence-corrected chi connectivity index (χ0v) is 13.8. The van der Waals surface area contributed by atoms with Gasteiger partial charge in [0.25, 0.3) is 0 Å². The van der Waals surface area contributed by atoms with E-state index in [1.165, 1.54) is 23.5 Å². The van der Waals surface area contributed by atoms with E-state index in [0.29, 0.717) is 19.4 Å². The number of hydrogen-bond donors (Lipinski definition) is 2. The molecule has 1 aromatic carbocycles. The van der Waals surface area contributed by atoms with Crippen molar-refractivity contribution in [2.24, 2.45) is 0 Å². The molecular weight excluding hydrogens is 323 g/mol. The van der Waals surface area contributed by atoms with Crippen molar-refractivity contribution in [3.63, 3.8) is 0 Å². The molecule has 6 nitrogen and oxygen atoms in total. The van der Waals surface area contributed by atoms with Crippen LogP contribution in [-0.4, -0.2) is 49.5 Å². The second-order valence-electron chi connectivity index (χ2n) is 5.79. The Hall–Kier alpha value is -1.51. The van der Waals surface area contributed by atoms with Crippen LogP contribution in [0.1, 0.15) is 25.7 Å². The van der Waals surface area contributed by atoms with Crippen molar-refractivity contribution in [3.05, 3.63) is 30.1 Å². The molecule has 1 amide bonds. The lowest BCUT2D eigenvalue weighted by molar-refractivity contribution is -0.122. The summed E-state index contributed by atoms with van der Waals surface area (Å²) in [4.78, 5) is 11.3. The summed E-state index contributed by atoms with van der Waals surface area (Å²) in [5.74, 6) is -0.707. The molecule has 0 radical (unpaired) electrons. The highest BCUT2D eigenvalue weighted by Gasteiger charge is 2.38. The number of nitrogens with one attached hydrogen (secondary N) is 1. The van der Waals surface area contributed by atoms with Gasteiger partial charge in [-0.05, 0) is 43.5 Å². The van der Waals surface area contributed by atoms with Gasteiger partial charge >= 0.3 is 0 Å². The number of nitrogens with zero attached hydrogens (tertiary/aromatic N) is 1. The van der Waals surface area contributed by atoms with Crippen molar-refractivity contribution >= 4 is 15.9 Å². The molecule has 1 fully saturated rings. The minimum absolute atomic E-state index is 0.00514. The third-order valence-corrected chi connectivity index (χ3v) is 5.93. The SMILES string of the molecule is CNC(=O)CC[C@]1(O)CCCN(S(=O)(=O)c2ccc(F)cc2)C1. The fourth-order valence-electron chi connectivity index (χ4n) is 2.71. The van der Waals surface area contributed by atoms with Crippen LogP contribution in [0.2, 0.25) is 0 Å². The van der Waals surface area contributed by atoms with Gasteiger partial charge in [-0.25, -0.2) is 12.8 Å². The summed E-state index contributed by atoms with van der Waals surface area (Å²) in [6, 6.07) is 4.61. The molecule has 2 rings (SSSR count). The Morgan fingerprint density at radius 1 is 1.39 bits per heavy atom. The molecule has 2 N–H and O–H groups in total. The topological polar surface area (TPSA) is 86.7 Å². The average molecular weight is 344 g/mol. The number of β-amino-alcohol motifs (C(OH)–C–C–N with tert-alkyl or cyclic N) is 1. The van der Waals surface area contributed by atoms with Crippen molar-refractivity contribution in [3.8, 4) is 0 Å². The van der Waals surface area contributed by atoms with Gasteiger partial charge in [0.05, 0.1) is 10.5 Å². The van der Waals surface area contributed by atoms with Crippen molar-refractivity contribution in [2.45, 2.75) is 36.2 Å². The maximum Gasteiger partial charge on any atom is 0.243 e. The Labute approximate surface area is 135 Å². The Bertz CT molecular complexity index is 663. The molecule has 0 unspecified atom stereocenters. The lowest BCUT2D eigenvalue weighted by Crippen LogP contribution is -2.50. The number of halogens is 1. The van der Waals surface area contributed by atoms with E-state index in [1.807, 2.05) is 0 Å². The summed E-state index contributed by atoms with van der Waals surface area (Å²) < 4.78 is 39.4. The normalized spacial score (nSPS) is 22.7.